The summed E-state index contributed by atoms with van der Waals surface area (Å²) in [4.78, 5) is 29.5. The van der Waals surface area contributed by atoms with E-state index in [4.69, 9.17) is 5.73 Å². The minimum Gasteiger partial charge on any atom is -0.356 e. The SMILES string of the molecule is NC1=[NH+]/C(=C2/CCNC(=O)c3[nH]cc(Br)c32)C(=O)N1. The lowest BCUT2D eigenvalue weighted by atomic mass is 10.0. The van der Waals surface area contributed by atoms with Crippen molar-refractivity contribution in [3.05, 3.63) is 27.6 Å². The fourth-order valence-corrected chi connectivity index (χ4v) is 2.81. The van der Waals surface area contributed by atoms with E-state index in [0.29, 0.717) is 29.9 Å². The number of hydrogen-bond donors (Lipinski definition) is 5. The smallest absolute Gasteiger partial charge is 0.353 e. The molecule has 1 aromatic heterocycles. The first-order valence-corrected chi connectivity index (χ1v) is 6.46. The van der Waals surface area contributed by atoms with E-state index in [-0.39, 0.29) is 17.8 Å². The van der Waals surface area contributed by atoms with Gasteiger partial charge in [-0.05, 0) is 22.4 Å². The Morgan fingerprint density at radius 2 is 2.11 bits per heavy atom. The van der Waals surface area contributed by atoms with Crippen molar-refractivity contribution >= 4 is 39.3 Å². The molecule has 0 saturated carbocycles. The molecule has 0 atom stereocenters. The van der Waals surface area contributed by atoms with E-state index in [1.54, 1.807) is 6.20 Å². The van der Waals surface area contributed by atoms with Crippen molar-refractivity contribution in [3.8, 4) is 0 Å². The summed E-state index contributed by atoms with van der Waals surface area (Å²) in [5.74, 6) is -0.281. The predicted molar refractivity (Wildman–Crippen MR) is 70.7 cm³/mol. The van der Waals surface area contributed by atoms with Crippen molar-refractivity contribution in [2.24, 2.45) is 5.73 Å². The number of amides is 2. The molecule has 7 nitrogen and oxygen atoms in total. The minimum atomic E-state index is -0.291. The van der Waals surface area contributed by atoms with Crippen molar-refractivity contribution in [3.63, 3.8) is 0 Å². The Morgan fingerprint density at radius 3 is 2.79 bits per heavy atom. The first-order chi connectivity index (χ1) is 9.08. The third-order valence-electron chi connectivity index (χ3n) is 3.06. The van der Waals surface area contributed by atoms with Gasteiger partial charge in [0.15, 0.2) is 5.70 Å². The standard InChI is InChI=1S/C11H10BrN5O2/c12-5-3-15-8-6(5)4(1-2-14-9(8)18)7-10(19)17-11(13)16-7/h3,15H,1-2H2,(H,14,18)(H3,13,16,17,19)/p+1/b7-4-. The first-order valence-electron chi connectivity index (χ1n) is 5.67. The van der Waals surface area contributed by atoms with Crippen LogP contribution in [-0.2, 0) is 4.79 Å². The van der Waals surface area contributed by atoms with Gasteiger partial charge >= 0.3 is 11.9 Å². The van der Waals surface area contributed by atoms with Gasteiger partial charge in [0.05, 0.1) is 0 Å². The number of halogens is 1. The molecule has 1 aromatic rings. The molecule has 0 bridgehead atoms. The molecular formula is C11H11BrN5O2+. The number of carbonyl (C=O) groups excluding carboxylic acids is 2. The summed E-state index contributed by atoms with van der Waals surface area (Å²) in [6.45, 7) is 0.460. The molecule has 0 radical (unpaired) electrons. The Hall–Kier alpha value is -2.09. The molecule has 0 fully saturated rings. The number of guanidine groups is 1. The maximum atomic E-state index is 11.9. The minimum absolute atomic E-state index is 0.188. The maximum Gasteiger partial charge on any atom is 0.353 e. The van der Waals surface area contributed by atoms with Crippen LogP contribution in [0.4, 0.5) is 0 Å². The molecule has 0 aliphatic carbocycles. The Balaban J connectivity index is 2.25. The Labute approximate surface area is 116 Å². The average Bonchev–Trinajstić information content (AvgIpc) is 2.83. The van der Waals surface area contributed by atoms with Gasteiger partial charge in [-0.1, -0.05) is 0 Å². The number of nitrogens with two attached hydrogens (primary N) is 1. The average molecular weight is 325 g/mol. The number of aromatic amines is 1. The lowest BCUT2D eigenvalue weighted by Crippen LogP contribution is -2.71. The normalized spacial score (nSPS) is 22.5. The second-order valence-corrected chi connectivity index (χ2v) is 5.09. The van der Waals surface area contributed by atoms with Crippen LogP contribution in [0.1, 0.15) is 22.5 Å². The second-order valence-electron chi connectivity index (χ2n) is 4.24. The molecule has 0 saturated heterocycles. The van der Waals surface area contributed by atoms with Gasteiger partial charge in [0, 0.05) is 28.4 Å². The topological polar surface area (TPSA) is 114 Å². The van der Waals surface area contributed by atoms with Crippen molar-refractivity contribution in [1.29, 1.82) is 0 Å². The fourth-order valence-electron chi connectivity index (χ4n) is 2.26. The van der Waals surface area contributed by atoms with Crippen LogP contribution in [0.2, 0.25) is 0 Å². The molecule has 98 valence electrons. The van der Waals surface area contributed by atoms with Crippen LogP contribution in [0.3, 0.4) is 0 Å². The lowest BCUT2D eigenvalue weighted by molar-refractivity contribution is -0.385. The van der Waals surface area contributed by atoms with Crippen LogP contribution in [-0.4, -0.2) is 29.3 Å². The number of H-pyrrole nitrogens is 1. The van der Waals surface area contributed by atoms with Gasteiger partial charge < -0.3 is 10.3 Å². The van der Waals surface area contributed by atoms with Gasteiger partial charge in [-0.3, -0.25) is 10.5 Å². The third kappa shape index (κ3) is 1.84. The quantitative estimate of drug-likeness (QED) is 0.361. The van der Waals surface area contributed by atoms with E-state index in [9.17, 15) is 9.59 Å². The van der Waals surface area contributed by atoms with Crippen LogP contribution in [0.15, 0.2) is 16.4 Å². The fraction of sp³-hybridized carbons (Fsp3) is 0.182. The number of carbonyl (C=O) groups is 2. The third-order valence-corrected chi connectivity index (χ3v) is 3.68. The molecule has 2 amide bonds. The summed E-state index contributed by atoms with van der Waals surface area (Å²) in [7, 11) is 0. The lowest BCUT2D eigenvalue weighted by Gasteiger charge is -2.04. The molecule has 3 heterocycles. The van der Waals surface area contributed by atoms with Crippen LogP contribution in [0, 0.1) is 0 Å². The highest BCUT2D eigenvalue weighted by Crippen LogP contribution is 2.32. The number of nitrogens with one attached hydrogen (secondary N) is 4. The van der Waals surface area contributed by atoms with Gasteiger partial charge in [-0.25, -0.2) is 15.1 Å². The monoisotopic (exact) mass is 324 g/mol. The van der Waals surface area contributed by atoms with E-state index in [1.807, 2.05) is 0 Å². The molecule has 0 aromatic carbocycles. The van der Waals surface area contributed by atoms with Crippen molar-refractivity contribution < 1.29 is 14.6 Å². The molecule has 3 rings (SSSR count). The number of fused-ring (bicyclic) bond motifs is 1. The largest absolute Gasteiger partial charge is 0.356 e. The molecule has 0 spiro atoms. The van der Waals surface area contributed by atoms with Crippen LogP contribution in [0.25, 0.3) is 5.57 Å². The van der Waals surface area contributed by atoms with Crippen molar-refractivity contribution in [2.45, 2.75) is 6.42 Å². The highest BCUT2D eigenvalue weighted by Gasteiger charge is 2.32. The Bertz CT molecular complexity index is 658. The summed E-state index contributed by atoms with van der Waals surface area (Å²) in [5, 5.41) is 5.26. The van der Waals surface area contributed by atoms with E-state index in [1.165, 1.54) is 0 Å². The Kier molecular flexibility index (Phi) is 2.67. The molecular weight excluding hydrogens is 314 g/mol. The molecule has 2 aliphatic rings. The summed E-state index contributed by atoms with van der Waals surface area (Å²) in [6, 6.07) is 0. The molecule has 2 aliphatic heterocycles. The summed E-state index contributed by atoms with van der Waals surface area (Å²) >= 11 is 3.39. The van der Waals surface area contributed by atoms with Gasteiger partial charge in [0.25, 0.3) is 5.91 Å². The van der Waals surface area contributed by atoms with Gasteiger partial charge in [0.1, 0.15) is 5.69 Å². The summed E-state index contributed by atoms with van der Waals surface area (Å²) < 4.78 is 0.738. The van der Waals surface area contributed by atoms with E-state index in [2.05, 4.69) is 36.5 Å². The molecule has 0 unspecified atom stereocenters. The van der Waals surface area contributed by atoms with Crippen molar-refractivity contribution in [1.82, 2.24) is 15.6 Å². The first kappa shape index (κ1) is 12.0. The van der Waals surface area contributed by atoms with E-state index >= 15 is 0 Å². The molecule has 8 heteroatoms. The van der Waals surface area contributed by atoms with Crippen LogP contribution < -0.4 is 21.4 Å². The summed E-state index contributed by atoms with van der Waals surface area (Å²) in [6.07, 6.45) is 2.22. The number of hydrogen-bond acceptors (Lipinski definition) is 3. The highest BCUT2D eigenvalue weighted by molar-refractivity contribution is 9.10. The Morgan fingerprint density at radius 1 is 1.32 bits per heavy atom. The predicted octanol–water partition coefficient (Wildman–Crippen LogP) is -1.85. The van der Waals surface area contributed by atoms with Crippen LogP contribution >= 0.6 is 15.9 Å². The second kappa shape index (κ2) is 4.23. The van der Waals surface area contributed by atoms with Gasteiger partial charge in [-0.15, -0.1) is 0 Å². The summed E-state index contributed by atoms with van der Waals surface area (Å²) in [5.41, 5.74) is 7.83. The van der Waals surface area contributed by atoms with Gasteiger partial charge in [0.2, 0.25) is 0 Å². The van der Waals surface area contributed by atoms with E-state index in [0.717, 1.165) is 10.0 Å². The van der Waals surface area contributed by atoms with E-state index < -0.39 is 0 Å². The zero-order valence-electron chi connectivity index (χ0n) is 9.76. The molecule has 19 heavy (non-hydrogen) atoms. The van der Waals surface area contributed by atoms with Crippen molar-refractivity contribution in [2.75, 3.05) is 6.54 Å². The number of rotatable bonds is 0. The van der Waals surface area contributed by atoms with Crippen LogP contribution in [0.5, 0.6) is 0 Å². The highest BCUT2D eigenvalue weighted by atomic mass is 79.9. The zero-order valence-corrected chi connectivity index (χ0v) is 11.3. The zero-order chi connectivity index (χ0) is 13.6. The maximum absolute atomic E-state index is 11.9. The number of aromatic nitrogens is 1. The molecule has 6 N–H and O–H groups in total. The van der Waals surface area contributed by atoms with Gasteiger partial charge in [-0.2, -0.15) is 0 Å².